The zero-order valence-corrected chi connectivity index (χ0v) is 13.0. The summed E-state index contributed by atoms with van der Waals surface area (Å²) >= 11 is 3.54. The summed E-state index contributed by atoms with van der Waals surface area (Å²) in [5.41, 5.74) is 7.99. The van der Waals surface area contributed by atoms with E-state index in [1.807, 2.05) is 24.3 Å². The highest BCUT2D eigenvalue weighted by Gasteiger charge is 2.17. The van der Waals surface area contributed by atoms with Crippen LogP contribution in [0.2, 0.25) is 0 Å². The Labute approximate surface area is 122 Å². The van der Waals surface area contributed by atoms with Crippen molar-refractivity contribution in [3.63, 3.8) is 0 Å². The predicted octanol–water partition coefficient (Wildman–Crippen LogP) is 3.71. The second-order valence-electron chi connectivity index (χ2n) is 5.61. The molecule has 2 N–H and O–H groups in total. The van der Waals surface area contributed by atoms with Crippen LogP contribution in [0, 0.1) is 0 Å². The monoisotopic (exact) mass is 319 g/mol. The minimum Gasteiger partial charge on any atom is -0.384 e. The Balaban J connectivity index is 2.36. The van der Waals surface area contributed by atoms with Gasteiger partial charge >= 0.3 is 0 Å². The smallest absolute Gasteiger partial charge is 0.135 e. The second kappa shape index (κ2) is 5.29. The summed E-state index contributed by atoms with van der Waals surface area (Å²) in [5.74, 6) is 1.29. The van der Waals surface area contributed by atoms with E-state index in [2.05, 4.69) is 52.7 Å². The van der Waals surface area contributed by atoms with E-state index < -0.39 is 0 Å². The Hall–Kier alpha value is -1.42. The van der Waals surface area contributed by atoms with Gasteiger partial charge in [-0.05, 0) is 11.6 Å². The lowest BCUT2D eigenvalue weighted by atomic mass is 9.92. The van der Waals surface area contributed by atoms with Crippen molar-refractivity contribution in [1.29, 1.82) is 0 Å². The van der Waals surface area contributed by atoms with Crippen LogP contribution in [0.5, 0.6) is 0 Å². The molecular weight excluding hydrogens is 302 g/mol. The average Bonchev–Trinajstić information content (AvgIpc) is 2.30. The minimum atomic E-state index is -0.0280. The van der Waals surface area contributed by atoms with Crippen molar-refractivity contribution in [3.8, 4) is 0 Å². The van der Waals surface area contributed by atoms with Crippen molar-refractivity contribution in [2.45, 2.75) is 32.6 Å². The molecular formula is C15H18BrN3. The number of halogens is 1. The van der Waals surface area contributed by atoms with Crippen LogP contribution in [0.3, 0.4) is 0 Å². The number of nitrogen functional groups attached to an aromatic ring is 1. The molecule has 1 aromatic heterocycles. The van der Waals surface area contributed by atoms with Gasteiger partial charge in [0, 0.05) is 22.4 Å². The fourth-order valence-corrected chi connectivity index (χ4v) is 2.22. The summed E-state index contributed by atoms with van der Waals surface area (Å²) in [4.78, 5) is 8.96. The molecule has 19 heavy (non-hydrogen) atoms. The van der Waals surface area contributed by atoms with Crippen LogP contribution in [0.15, 0.2) is 34.8 Å². The van der Waals surface area contributed by atoms with Crippen molar-refractivity contribution in [1.82, 2.24) is 9.97 Å². The molecule has 0 aliphatic rings. The van der Waals surface area contributed by atoms with Gasteiger partial charge in [0.25, 0.3) is 0 Å². The normalized spacial score (nSPS) is 11.6. The summed E-state index contributed by atoms with van der Waals surface area (Å²) in [6, 6.07) is 9.94. The lowest BCUT2D eigenvalue weighted by molar-refractivity contribution is 0.563. The van der Waals surface area contributed by atoms with Crippen molar-refractivity contribution in [2.75, 3.05) is 5.73 Å². The Bertz CT molecular complexity index is 588. The van der Waals surface area contributed by atoms with Crippen LogP contribution in [-0.4, -0.2) is 9.97 Å². The van der Waals surface area contributed by atoms with Crippen molar-refractivity contribution < 1.29 is 0 Å². The van der Waals surface area contributed by atoms with E-state index in [0.717, 1.165) is 21.6 Å². The molecule has 1 heterocycles. The van der Waals surface area contributed by atoms with Crippen molar-refractivity contribution >= 4 is 21.7 Å². The summed E-state index contributed by atoms with van der Waals surface area (Å²) in [6.45, 7) is 6.37. The number of rotatable bonds is 2. The molecule has 0 aliphatic carbocycles. The maximum atomic E-state index is 5.88. The number of nitrogens with two attached hydrogens (primary N) is 1. The fraction of sp³-hybridized carbons (Fsp3) is 0.333. The Kier molecular flexibility index (Phi) is 3.90. The van der Waals surface area contributed by atoms with E-state index in [0.29, 0.717) is 12.2 Å². The number of hydrogen-bond acceptors (Lipinski definition) is 3. The SMILES string of the molecule is CC(C)(C)c1cc(N)nc(Cc2ccccc2Br)n1. The van der Waals surface area contributed by atoms with E-state index in [1.54, 1.807) is 0 Å². The molecule has 0 spiro atoms. The highest BCUT2D eigenvalue weighted by Crippen LogP contribution is 2.23. The number of anilines is 1. The highest BCUT2D eigenvalue weighted by atomic mass is 79.9. The van der Waals surface area contributed by atoms with Crippen LogP contribution >= 0.6 is 15.9 Å². The largest absolute Gasteiger partial charge is 0.384 e. The van der Waals surface area contributed by atoms with Gasteiger partial charge in [-0.25, -0.2) is 9.97 Å². The van der Waals surface area contributed by atoms with Crippen molar-refractivity contribution in [3.05, 3.63) is 51.9 Å². The van der Waals surface area contributed by atoms with Gasteiger partial charge in [0.2, 0.25) is 0 Å². The van der Waals surface area contributed by atoms with E-state index in [1.165, 1.54) is 0 Å². The van der Waals surface area contributed by atoms with Gasteiger partial charge < -0.3 is 5.73 Å². The van der Waals surface area contributed by atoms with E-state index in [-0.39, 0.29) is 5.41 Å². The maximum absolute atomic E-state index is 5.88. The Morgan fingerprint density at radius 2 is 1.84 bits per heavy atom. The Morgan fingerprint density at radius 1 is 1.16 bits per heavy atom. The number of nitrogens with zero attached hydrogens (tertiary/aromatic N) is 2. The Morgan fingerprint density at radius 3 is 2.47 bits per heavy atom. The maximum Gasteiger partial charge on any atom is 0.135 e. The topological polar surface area (TPSA) is 51.8 Å². The van der Waals surface area contributed by atoms with Gasteiger partial charge in [0.15, 0.2) is 0 Å². The molecule has 2 aromatic rings. The molecule has 0 saturated carbocycles. The van der Waals surface area contributed by atoms with Crippen LogP contribution in [0.25, 0.3) is 0 Å². The van der Waals surface area contributed by atoms with Gasteiger partial charge in [-0.1, -0.05) is 54.9 Å². The van der Waals surface area contributed by atoms with Crippen LogP contribution in [-0.2, 0) is 11.8 Å². The number of hydrogen-bond donors (Lipinski definition) is 1. The molecule has 0 bridgehead atoms. The standard InChI is InChI=1S/C15H18BrN3/c1-15(2,3)12-9-13(17)19-14(18-12)8-10-6-4-5-7-11(10)16/h4-7,9H,8H2,1-3H3,(H2,17,18,19). The van der Waals surface area contributed by atoms with E-state index in [9.17, 15) is 0 Å². The van der Waals surface area contributed by atoms with Crippen LogP contribution in [0.4, 0.5) is 5.82 Å². The fourth-order valence-electron chi connectivity index (χ4n) is 1.79. The van der Waals surface area contributed by atoms with Gasteiger partial charge in [0.1, 0.15) is 11.6 Å². The van der Waals surface area contributed by atoms with Crippen molar-refractivity contribution in [2.24, 2.45) is 0 Å². The molecule has 0 saturated heterocycles. The third kappa shape index (κ3) is 3.53. The molecule has 0 fully saturated rings. The van der Waals surface area contributed by atoms with E-state index >= 15 is 0 Å². The van der Waals surface area contributed by atoms with Gasteiger partial charge in [-0.15, -0.1) is 0 Å². The quantitative estimate of drug-likeness (QED) is 0.918. The molecule has 0 amide bonds. The first-order valence-electron chi connectivity index (χ1n) is 6.23. The highest BCUT2D eigenvalue weighted by molar-refractivity contribution is 9.10. The van der Waals surface area contributed by atoms with Gasteiger partial charge in [0.05, 0.1) is 5.69 Å². The lowest BCUT2D eigenvalue weighted by Crippen LogP contribution is -2.16. The molecule has 1 aromatic carbocycles. The van der Waals surface area contributed by atoms with E-state index in [4.69, 9.17) is 5.73 Å². The lowest BCUT2D eigenvalue weighted by Gasteiger charge is -2.18. The molecule has 0 radical (unpaired) electrons. The number of aromatic nitrogens is 2. The molecule has 100 valence electrons. The molecule has 2 rings (SSSR count). The van der Waals surface area contributed by atoms with Gasteiger partial charge in [-0.3, -0.25) is 0 Å². The first-order valence-corrected chi connectivity index (χ1v) is 7.03. The molecule has 0 unspecified atom stereocenters. The summed E-state index contributed by atoms with van der Waals surface area (Å²) < 4.78 is 1.07. The molecule has 0 atom stereocenters. The summed E-state index contributed by atoms with van der Waals surface area (Å²) in [7, 11) is 0. The summed E-state index contributed by atoms with van der Waals surface area (Å²) in [6.07, 6.45) is 0.676. The average molecular weight is 320 g/mol. The second-order valence-corrected chi connectivity index (χ2v) is 6.47. The molecule has 4 heteroatoms. The first kappa shape index (κ1) is 14.0. The molecule has 3 nitrogen and oxygen atoms in total. The van der Waals surface area contributed by atoms with Crippen LogP contribution < -0.4 is 5.73 Å². The van der Waals surface area contributed by atoms with Crippen LogP contribution in [0.1, 0.15) is 37.9 Å². The summed E-state index contributed by atoms with van der Waals surface area (Å²) in [5, 5.41) is 0. The minimum absolute atomic E-state index is 0.0280. The molecule has 0 aliphatic heterocycles. The third-order valence-electron chi connectivity index (χ3n) is 2.87. The zero-order valence-electron chi connectivity index (χ0n) is 11.4. The third-order valence-corrected chi connectivity index (χ3v) is 3.64. The number of benzene rings is 1. The first-order chi connectivity index (χ1) is 8.86. The zero-order chi connectivity index (χ0) is 14.0. The predicted molar refractivity (Wildman–Crippen MR) is 82.1 cm³/mol. The van der Waals surface area contributed by atoms with Gasteiger partial charge in [-0.2, -0.15) is 0 Å².